The van der Waals surface area contributed by atoms with Crippen LogP contribution in [0.3, 0.4) is 0 Å². The topological polar surface area (TPSA) is 92.5 Å². The first-order valence-corrected chi connectivity index (χ1v) is 6.42. The number of carbonyl (C=O) groups excluding carboxylic acids is 3. The second-order valence-electron chi connectivity index (χ2n) is 5.20. The van der Waals surface area contributed by atoms with Gasteiger partial charge < -0.3 is 11.1 Å². The number of nitrogen functional groups attached to an aromatic ring is 1. The van der Waals surface area contributed by atoms with Crippen molar-refractivity contribution in [2.75, 3.05) is 18.8 Å². The lowest BCUT2D eigenvalue weighted by Crippen LogP contribution is -2.41. The normalized spacial score (nSPS) is 13.8. The Morgan fingerprint density at radius 3 is 2.55 bits per heavy atom. The number of fused-ring (bicyclic) bond motifs is 1. The van der Waals surface area contributed by atoms with Crippen LogP contribution in [0.2, 0.25) is 0 Å². The van der Waals surface area contributed by atoms with Gasteiger partial charge in [-0.1, -0.05) is 13.8 Å². The molecule has 1 aromatic carbocycles. The van der Waals surface area contributed by atoms with Gasteiger partial charge in [0.1, 0.15) is 6.54 Å². The fourth-order valence-electron chi connectivity index (χ4n) is 1.97. The van der Waals surface area contributed by atoms with E-state index in [0.717, 1.165) is 4.90 Å². The van der Waals surface area contributed by atoms with Gasteiger partial charge in [-0.25, -0.2) is 0 Å². The van der Waals surface area contributed by atoms with Gasteiger partial charge in [0, 0.05) is 12.2 Å². The van der Waals surface area contributed by atoms with Gasteiger partial charge in [0.2, 0.25) is 5.91 Å². The molecule has 3 amide bonds. The Kier molecular flexibility index (Phi) is 3.74. The molecule has 0 saturated heterocycles. The monoisotopic (exact) mass is 275 g/mol. The molecular formula is C14H17N3O3. The molecule has 20 heavy (non-hydrogen) atoms. The second-order valence-corrected chi connectivity index (χ2v) is 5.20. The highest BCUT2D eigenvalue weighted by atomic mass is 16.2. The van der Waals surface area contributed by atoms with Crippen LogP contribution in [0.4, 0.5) is 5.69 Å². The average Bonchev–Trinajstić information content (AvgIpc) is 2.61. The summed E-state index contributed by atoms with van der Waals surface area (Å²) in [4.78, 5) is 36.9. The zero-order valence-corrected chi connectivity index (χ0v) is 11.5. The molecule has 1 aliphatic rings. The number of rotatable bonds is 4. The third kappa shape index (κ3) is 2.64. The van der Waals surface area contributed by atoms with Crippen molar-refractivity contribution in [3.63, 3.8) is 0 Å². The summed E-state index contributed by atoms with van der Waals surface area (Å²) >= 11 is 0. The van der Waals surface area contributed by atoms with Crippen LogP contribution in [-0.4, -0.2) is 35.7 Å². The number of imide groups is 1. The number of carbonyl (C=O) groups is 3. The van der Waals surface area contributed by atoms with E-state index in [2.05, 4.69) is 5.32 Å². The quantitative estimate of drug-likeness (QED) is 0.623. The highest BCUT2D eigenvalue weighted by molar-refractivity contribution is 6.22. The van der Waals surface area contributed by atoms with Crippen LogP contribution in [0.15, 0.2) is 18.2 Å². The van der Waals surface area contributed by atoms with Crippen molar-refractivity contribution in [3.05, 3.63) is 29.3 Å². The number of nitrogens with two attached hydrogens (primary N) is 1. The van der Waals surface area contributed by atoms with E-state index in [1.165, 1.54) is 12.1 Å². The van der Waals surface area contributed by atoms with Gasteiger partial charge in [0.05, 0.1) is 11.1 Å². The van der Waals surface area contributed by atoms with Crippen LogP contribution < -0.4 is 11.1 Å². The van der Waals surface area contributed by atoms with Crippen molar-refractivity contribution < 1.29 is 14.4 Å². The third-order valence-corrected chi connectivity index (χ3v) is 3.00. The van der Waals surface area contributed by atoms with Crippen LogP contribution in [0.1, 0.15) is 34.6 Å². The number of amides is 3. The lowest BCUT2D eigenvalue weighted by molar-refractivity contribution is -0.121. The first kappa shape index (κ1) is 14.0. The lowest BCUT2D eigenvalue weighted by atomic mass is 10.1. The molecule has 0 saturated carbocycles. The standard InChI is InChI=1S/C14H17N3O3/c1-8(2)6-16-12(18)7-17-13(19)10-4-3-9(15)5-11(10)14(17)20/h3-5,8H,6-7,15H2,1-2H3,(H,16,18). The highest BCUT2D eigenvalue weighted by Gasteiger charge is 2.36. The summed E-state index contributed by atoms with van der Waals surface area (Å²) in [5.41, 5.74) is 6.57. The van der Waals surface area contributed by atoms with Crippen molar-refractivity contribution in [3.8, 4) is 0 Å². The van der Waals surface area contributed by atoms with Gasteiger partial charge in [0.15, 0.2) is 0 Å². The van der Waals surface area contributed by atoms with Crippen LogP contribution in [0, 0.1) is 5.92 Å². The predicted molar refractivity (Wildman–Crippen MR) is 74.1 cm³/mol. The van der Waals surface area contributed by atoms with Crippen molar-refractivity contribution in [1.82, 2.24) is 10.2 Å². The zero-order chi connectivity index (χ0) is 14.9. The van der Waals surface area contributed by atoms with Crippen LogP contribution in [-0.2, 0) is 4.79 Å². The molecule has 6 heteroatoms. The van der Waals surface area contributed by atoms with Gasteiger partial charge in [-0.05, 0) is 24.1 Å². The van der Waals surface area contributed by atoms with E-state index in [1.54, 1.807) is 6.07 Å². The van der Waals surface area contributed by atoms with Gasteiger partial charge in [0.25, 0.3) is 11.8 Å². The van der Waals surface area contributed by atoms with E-state index in [0.29, 0.717) is 23.7 Å². The molecule has 2 rings (SSSR count). The van der Waals surface area contributed by atoms with Crippen molar-refractivity contribution in [1.29, 1.82) is 0 Å². The summed E-state index contributed by atoms with van der Waals surface area (Å²) in [5, 5.41) is 2.68. The first-order valence-electron chi connectivity index (χ1n) is 6.42. The molecular weight excluding hydrogens is 258 g/mol. The zero-order valence-electron chi connectivity index (χ0n) is 11.5. The summed E-state index contributed by atoms with van der Waals surface area (Å²) in [5.74, 6) is -0.969. The Morgan fingerprint density at radius 1 is 1.25 bits per heavy atom. The summed E-state index contributed by atoms with van der Waals surface area (Å²) < 4.78 is 0. The molecule has 1 aromatic rings. The fraction of sp³-hybridized carbons (Fsp3) is 0.357. The van der Waals surface area contributed by atoms with Gasteiger partial charge in [-0.15, -0.1) is 0 Å². The van der Waals surface area contributed by atoms with Crippen molar-refractivity contribution in [2.45, 2.75) is 13.8 Å². The summed E-state index contributed by atoms with van der Waals surface area (Å²) in [7, 11) is 0. The Labute approximate surface area is 116 Å². The molecule has 0 atom stereocenters. The minimum atomic E-state index is -0.475. The smallest absolute Gasteiger partial charge is 0.262 e. The third-order valence-electron chi connectivity index (χ3n) is 3.00. The van der Waals surface area contributed by atoms with Crippen molar-refractivity contribution in [2.24, 2.45) is 5.92 Å². The molecule has 0 fully saturated rings. The van der Waals surface area contributed by atoms with Gasteiger partial charge >= 0.3 is 0 Å². The Hall–Kier alpha value is -2.37. The number of anilines is 1. The Morgan fingerprint density at radius 2 is 1.90 bits per heavy atom. The van der Waals surface area contributed by atoms with Crippen molar-refractivity contribution >= 4 is 23.4 Å². The van der Waals surface area contributed by atoms with Gasteiger partial charge in [-0.3, -0.25) is 19.3 Å². The van der Waals surface area contributed by atoms with E-state index < -0.39 is 11.8 Å². The SMILES string of the molecule is CC(C)CNC(=O)CN1C(=O)c2ccc(N)cc2C1=O. The maximum absolute atomic E-state index is 12.1. The molecule has 0 bridgehead atoms. The minimum Gasteiger partial charge on any atom is -0.399 e. The molecule has 3 N–H and O–H groups in total. The number of benzene rings is 1. The molecule has 106 valence electrons. The lowest BCUT2D eigenvalue weighted by Gasteiger charge is -2.14. The first-order chi connectivity index (χ1) is 9.40. The van der Waals surface area contributed by atoms with Crippen LogP contribution in [0.5, 0.6) is 0 Å². The summed E-state index contributed by atoms with van der Waals surface area (Å²) in [6, 6.07) is 4.53. The summed E-state index contributed by atoms with van der Waals surface area (Å²) in [6.45, 7) is 4.17. The highest BCUT2D eigenvalue weighted by Crippen LogP contribution is 2.24. The van der Waals surface area contributed by atoms with E-state index in [4.69, 9.17) is 5.73 Å². The maximum Gasteiger partial charge on any atom is 0.262 e. The minimum absolute atomic E-state index is 0.256. The van der Waals surface area contributed by atoms with Crippen LogP contribution >= 0.6 is 0 Å². The Bertz CT molecular complexity index is 581. The molecule has 0 radical (unpaired) electrons. The van der Waals surface area contributed by atoms with Gasteiger partial charge in [-0.2, -0.15) is 0 Å². The largest absolute Gasteiger partial charge is 0.399 e. The number of hydrogen-bond acceptors (Lipinski definition) is 4. The fourth-order valence-corrected chi connectivity index (χ4v) is 1.97. The molecule has 1 heterocycles. The van der Waals surface area contributed by atoms with E-state index in [9.17, 15) is 14.4 Å². The second kappa shape index (κ2) is 5.32. The predicted octanol–water partition coefficient (Wildman–Crippen LogP) is 0.637. The number of nitrogens with one attached hydrogen (secondary N) is 1. The number of hydrogen-bond donors (Lipinski definition) is 2. The molecule has 0 aromatic heterocycles. The molecule has 0 unspecified atom stereocenters. The van der Waals surface area contributed by atoms with E-state index >= 15 is 0 Å². The Balaban J connectivity index is 2.11. The van der Waals surface area contributed by atoms with Crippen LogP contribution in [0.25, 0.3) is 0 Å². The van der Waals surface area contributed by atoms with E-state index in [1.807, 2.05) is 13.8 Å². The maximum atomic E-state index is 12.1. The molecule has 6 nitrogen and oxygen atoms in total. The molecule has 0 spiro atoms. The summed E-state index contributed by atoms with van der Waals surface area (Å²) in [6.07, 6.45) is 0. The molecule has 1 aliphatic heterocycles. The molecule has 0 aliphatic carbocycles. The average molecular weight is 275 g/mol. The number of nitrogens with zero attached hydrogens (tertiary/aromatic N) is 1. The van der Waals surface area contributed by atoms with E-state index in [-0.39, 0.29) is 18.0 Å².